The molecular weight excluding hydrogens is 435 g/mol. The lowest BCUT2D eigenvalue weighted by atomic mass is 10.0. The standard InChI is InChI=1S/C20H14ClFN2O5S/c1-10-16(11-3-6-13(22)7-4-11)17(20(26)29-2)19(30-10)23-18(25)12-5-8-14(21)15(9-12)24(27)28/h3-9H,1-2H3,(H,23,25). The monoisotopic (exact) mass is 448 g/mol. The molecule has 3 rings (SSSR count). The van der Waals surface area contributed by atoms with Gasteiger partial charge in [0.25, 0.3) is 11.6 Å². The number of methoxy groups -OCH3 is 1. The lowest BCUT2D eigenvalue weighted by Crippen LogP contribution is -2.14. The summed E-state index contributed by atoms with van der Waals surface area (Å²) in [6.07, 6.45) is 0. The van der Waals surface area contributed by atoms with E-state index >= 15 is 0 Å². The number of hydrogen-bond acceptors (Lipinski definition) is 6. The van der Waals surface area contributed by atoms with Crippen LogP contribution in [-0.4, -0.2) is 23.9 Å². The molecule has 154 valence electrons. The maximum absolute atomic E-state index is 13.3. The molecule has 1 aromatic heterocycles. The Hall–Kier alpha value is -3.30. The van der Waals surface area contributed by atoms with E-state index in [9.17, 15) is 24.1 Å². The zero-order chi connectivity index (χ0) is 22.0. The van der Waals surface area contributed by atoms with Gasteiger partial charge in [-0.3, -0.25) is 14.9 Å². The van der Waals surface area contributed by atoms with Gasteiger partial charge in [0, 0.05) is 22.1 Å². The zero-order valence-electron chi connectivity index (χ0n) is 15.7. The minimum absolute atomic E-state index is 0.00342. The highest BCUT2D eigenvalue weighted by Gasteiger charge is 2.26. The van der Waals surface area contributed by atoms with Crippen LogP contribution in [-0.2, 0) is 4.74 Å². The van der Waals surface area contributed by atoms with Crippen molar-refractivity contribution in [2.75, 3.05) is 12.4 Å². The van der Waals surface area contributed by atoms with E-state index in [-0.39, 0.29) is 21.2 Å². The third kappa shape index (κ3) is 4.17. The molecule has 0 bridgehead atoms. The van der Waals surface area contributed by atoms with Crippen LogP contribution in [0.5, 0.6) is 0 Å². The van der Waals surface area contributed by atoms with E-state index in [4.69, 9.17) is 16.3 Å². The summed E-state index contributed by atoms with van der Waals surface area (Å²) in [5, 5.41) is 13.8. The molecule has 0 atom stereocenters. The molecule has 0 aliphatic heterocycles. The lowest BCUT2D eigenvalue weighted by Gasteiger charge is -2.08. The van der Waals surface area contributed by atoms with E-state index in [1.165, 1.54) is 43.5 Å². The van der Waals surface area contributed by atoms with E-state index in [1.807, 2.05) is 0 Å². The molecule has 0 aliphatic rings. The van der Waals surface area contributed by atoms with E-state index in [1.54, 1.807) is 6.92 Å². The molecule has 10 heteroatoms. The normalized spacial score (nSPS) is 10.5. The first-order chi connectivity index (χ1) is 14.2. The number of nitrogens with one attached hydrogen (secondary N) is 1. The van der Waals surface area contributed by atoms with Crippen LogP contribution in [0.25, 0.3) is 11.1 Å². The summed E-state index contributed by atoms with van der Waals surface area (Å²) in [4.78, 5) is 36.2. The van der Waals surface area contributed by atoms with E-state index < -0.39 is 28.3 Å². The van der Waals surface area contributed by atoms with Crippen molar-refractivity contribution in [1.82, 2.24) is 0 Å². The first-order valence-electron chi connectivity index (χ1n) is 8.45. The van der Waals surface area contributed by atoms with Crippen molar-refractivity contribution in [2.24, 2.45) is 0 Å². The van der Waals surface area contributed by atoms with Gasteiger partial charge >= 0.3 is 5.97 Å². The van der Waals surface area contributed by atoms with Crippen molar-refractivity contribution in [3.63, 3.8) is 0 Å². The van der Waals surface area contributed by atoms with Crippen LogP contribution in [0, 0.1) is 22.9 Å². The number of esters is 1. The summed E-state index contributed by atoms with van der Waals surface area (Å²) >= 11 is 6.92. The molecule has 0 aliphatic carbocycles. The summed E-state index contributed by atoms with van der Waals surface area (Å²) in [6.45, 7) is 1.75. The second-order valence-electron chi connectivity index (χ2n) is 6.11. The Bertz CT molecular complexity index is 1160. The number of nitrogens with zero attached hydrogens (tertiary/aromatic N) is 1. The fourth-order valence-electron chi connectivity index (χ4n) is 2.86. The third-order valence-corrected chi connectivity index (χ3v) is 5.58. The highest BCUT2D eigenvalue weighted by atomic mass is 35.5. The topological polar surface area (TPSA) is 98.5 Å². The SMILES string of the molecule is COC(=O)c1c(NC(=O)c2ccc(Cl)c([N+](=O)[O-])c2)sc(C)c1-c1ccc(F)cc1. The van der Waals surface area contributed by atoms with Crippen LogP contribution < -0.4 is 5.32 Å². The summed E-state index contributed by atoms with van der Waals surface area (Å²) in [5.74, 6) is -1.77. The van der Waals surface area contributed by atoms with E-state index in [2.05, 4.69) is 5.32 Å². The number of nitro groups is 1. The number of benzene rings is 2. The van der Waals surface area contributed by atoms with Crippen LogP contribution in [0.3, 0.4) is 0 Å². The zero-order valence-corrected chi connectivity index (χ0v) is 17.3. The van der Waals surface area contributed by atoms with E-state index in [0.717, 1.165) is 17.4 Å². The van der Waals surface area contributed by atoms with Gasteiger partial charge in [-0.25, -0.2) is 9.18 Å². The number of thiophene rings is 1. The molecule has 3 aromatic rings. The minimum atomic E-state index is -0.694. The molecule has 1 amide bonds. The first kappa shape index (κ1) is 21.4. The van der Waals surface area contributed by atoms with Crippen molar-refractivity contribution < 1.29 is 23.6 Å². The molecule has 1 heterocycles. The predicted octanol–water partition coefficient (Wildman–Crippen LogP) is 5.46. The van der Waals surface area contributed by atoms with Gasteiger partial charge in [-0.2, -0.15) is 0 Å². The molecule has 0 radical (unpaired) electrons. The number of ether oxygens (including phenoxy) is 1. The summed E-state index contributed by atoms with van der Waals surface area (Å²) in [5.41, 5.74) is 0.781. The third-order valence-electron chi connectivity index (χ3n) is 4.24. The second-order valence-corrected chi connectivity index (χ2v) is 7.75. The second kappa shape index (κ2) is 8.60. The van der Waals surface area contributed by atoms with Gasteiger partial charge in [0.05, 0.1) is 12.0 Å². The largest absolute Gasteiger partial charge is 0.465 e. The van der Waals surface area contributed by atoms with E-state index in [0.29, 0.717) is 16.0 Å². The van der Waals surface area contributed by atoms with Gasteiger partial charge < -0.3 is 10.1 Å². The van der Waals surface area contributed by atoms with Crippen LogP contribution in [0.4, 0.5) is 15.1 Å². The molecule has 0 fully saturated rings. The molecule has 7 nitrogen and oxygen atoms in total. The molecule has 0 spiro atoms. The average Bonchev–Trinajstić information content (AvgIpc) is 3.03. The van der Waals surface area contributed by atoms with Gasteiger partial charge in [0.2, 0.25) is 0 Å². The van der Waals surface area contributed by atoms with Crippen molar-refractivity contribution in [3.05, 3.63) is 79.4 Å². The van der Waals surface area contributed by atoms with Crippen molar-refractivity contribution >= 4 is 45.5 Å². The number of carbonyl (C=O) groups is 2. The lowest BCUT2D eigenvalue weighted by molar-refractivity contribution is -0.384. The molecule has 0 unspecified atom stereocenters. The number of amides is 1. The Morgan fingerprint density at radius 1 is 1.20 bits per heavy atom. The highest BCUT2D eigenvalue weighted by molar-refractivity contribution is 7.17. The smallest absolute Gasteiger partial charge is 0.341 e. The average molecular weight is 449 g/mol. The Balaban J connectivity index is 2.04. The summed E-state index contributed by atoms with van der Waals surface area (Å²) in [6, 6.07) is 9.20. The number of aryl methyl sites for hydroxylation is 1. The number of anilines is 1. The summed E-state index contributed by atoms with van der Waals surface area (Å²) < 4.78 is 18.2. The van der Waals surface area contributed by atoms with Crippen molar-refractivity contribution in [3.8, 4) is 11.1 Å². The van der Waals surface area contributed by atoms with Crippen LogP contribution in [0.1, 0.15) is 25.6 Å². The fraction of sp³-hybridized carbons (Fsp3) is 0.100. The molecule has 30 heavy (non-hydrogen) atoms. The minimum Gasteiger partial charge on any atom is -0.465 e. The molecule has 0 saturated heterocycles. The summed E-state index contributed by atoms with van der Waals surface area (Å²) in [7, 11) is 1.21. The number of carbonyl (C=O) groups excluding carboxylic acids is 2. The molecule has 1 N–H and O–H groups in total. The molecule has 0 saturated carbocycles. The predicted molar refractivity (Wildman–Crippen MR) is 112 cm³/mol. The van der Waals surface area contributed by atoms with Gasteiger partial charge in [0.15, 0.2) is 0 Å². The molecular formula is C20H14ClFN2O5S. The Morgan fingerprint density at radius 2 is 1.87 bits per heavy atom. The fourth-order valence-corrected chi connectivity index (χ4v) is 4.11. The van der Waals surface area contributed by atoms with Gasteiger partial charge in [-0.1, -0.05) is 23.7 Å². The van der Waals surface area contributed by atoms with Crippen molar-refractivity contribution in [1.29, 1.82) is 0 Å². The van der Waals surface area contributed by atoms with Crippen LogP contribution >= 0.6 is 22.9 Å². The van der Waals surface area contributed by atoms with Crippen molar-refractivity contribution in [2.45, 2.75) is 6.92 Å². The molecule has 2 aromatic carbocycles. The van der Waals surface area contributed by atoms with Gasteiger partial charge in [-0.15, -0.1) is 11.3 Å². The maximum atomic E-state index is 13.3. The number of hydrogen-bond donors (Lipinski definition) is 1. The number of halogens is 2. The quantitative estimate of drug-likeness (QED) is 0.317. The Kier molecular flexibility index (Phi) is 6.14. The number of nitro benzene ring substituents is 1. The maximum Gasteiger partial charge on any atom is 0.341 e. The Labute approximate surface area is 179 Å². The first-order valence-corrected chi connectivity index (χ1v) is 9.65. The van der Waals surface area contributed by atoms with Crippen LogP contribution in [0.2, 0.25) is 5.02 Å². The Morgan fingerprint density at radius 3 is 2.47 bits per heavy atom. The van der Waals surface area contributed by atoms with Gasteiger partial charge in [-0.05, 0) is 36.8 Å². The van der Waals surface area contributed by atoms with Crippen LogP contribution in [0.15, 0.2) is 42.5 Å². The van der Waals surface area contributed by atoms with Gasteiger partial charge in [0.1, 0.15) is 21.4 Å². The number of rotatable bonds is 5. The highest BCUT2D eigenvalue weighted by Crippen LogP contribution is 2.40.